The second-order valence-corrected chi connectivity index (χ2v) is 7.76. The van der Waals surface area contributed by atoms with Gasteiger partial charge in [-0.15, -0.1) is 0 Å². The molecule has 0 spiro atoms. The molecule has 0 aromatic heterocycles. The summed E-state index contributed by atoms with van der Waals surface area (Å²) in [5.41, 5.74) is 1.90. The Bertz CT molecular complexity index is 928. The monoisotopic (exact) mass is 406 g/mol. The molecule has 6 heteroatoms. The highest BCUT2D eigenvalue weighted by molar-refractivity contribution is 6.03. The maximum Gasteiger partial charge on any atom is 0.340 e. The Labute approximate surface area is 177 Å². The summed E-state index contributed by atoms with van der Waals surface area (Å²) in [5, 5.41) is 12.3. The van der Waals surface area contributed by atoms with Crippen LogP contribution in [0.4, 0.5) is 5.69 Å². The lowest BCUT2D eigenvalue weighted by molar-refractivity contribution is -0.937. The van der Waals surface area contributed by atoms with Crippen LogP contribution >= 0.6 is 0 Å². The first kappa shape index (κ1) is 21.5. The fraction of sp³-hybridized carbons (Fsp3) is 0.375. The van der Waals surface area contributed by atoms with Crippen LogP contribution in [0, 0.1) is 11.3 Å². The van der Waals surface area contributed by atoms with Gasteiger partial charge in [0.25, 0.3) is 5.91 Å². The van der Waals surface area contributed by atoms with E-state index in [0.717, 1.165) is 32.5 Å². The minimum absolute atomic E-state index is 0.193. The molecule has 6 nitrogen and oxygen atoms in total. The predicted molar refractivity (Wildman–Crippen MR) is 115 cm³/mol. The van der Waals surface area contributed by atoms with Gasteiger partial charge in [-0.3, -0.25) is 4.79 Å². The van der Waals surface area contributed by atoms with Gasteiger partial charge in [-0.2, -0.15) is 5.26 Å². The summed E-state index contributed by atoms with van der Waals surface area (Å²) in [7, 11) is 0. The van der Waals surface area contributed by atoms with Crippen molar-refractivity contribution in [2.45, 2.75) is 32.7 Å². The Balaban J connectivity index is 1.82. The standard InChI is InChI=1S/C24H27N3O3/c1-2-30-24(29)21-13-9-12-20(16-25)23(21)26-22(28)18-27(14-7-4-8-15-27)17-19-10-5-3-6-11-19/h3,5-6,9-13H,2,4,7-8,14-15,17-18H2,1H3/p+1. The van der Waals surface area contributed by atoms with Gasteiger partial charge in [0.1, 0.15) is 12.6 Å². The third-order valence-corrected chi connectivity index (χ3v) is 5.55. The molecule has 0 radical (unpaired) electrons. The van der Waals surface area contributed by atoms with Crippen LogP contribution in [-0.2, 0) is 16.1 Å². The van der Waals surface area contributed by atoms with Gasteiger partial charge >= 0.3 is 5.97 Å². The summed E-state index contributed by atoms with van der Waals surface area (Å²) >= 11 is 0. The zero-order valence-corrected chi connectivity index (χ0v) is 17.4. The van der Waals surface area contributed by atoms with Crippen LogP contribution in [0.25, 0.3) is 0 Å². The highest BCUT2D eigenvalue weighted by Crippen LogP contribution is 2.25. The summed E-state index contributed by atoms with van der Waals surface area (Å²) in [6.07, 6.45) is 3.35. The van der Waals surface area contributed by atoms with Crippen LogP contribution in [-0.4, -0.2) is 42.6 Å². The number of ether oxygens (including phenoxy) is 1. The average molecular weight is 407 g/mol. The zero-order valence-electron chi connectivity index (χ0n) is 17.4. The largest absolute Gasteiger partial charge is 0.462 e. The van der Waals surface area contributed by atoms with Gasteiger partial charge < -0.3 is 14.5 Å². The number of nitriles is 1. The van der Waals surface area contributed by atoms with Gasteiger partial charge in [-0.1, -0.05) is 36.4 Å². The molecule has 1 fully saturated rings. The highest BCUT2D eigenvalue weighted by atomic mass is 16.5. The number of quaternary nitrogens is 1. The summed E-state index contributed by atoms with van der Waals surface area (Å²) in [5.74, 6) is -0.739. The van der Waals surface area contributed by atoms with Crippen LogP contribution < -0.4 is 5.32 Å². The summed E-state index contributed by atoms with van der Waals surface area (Å²) < 4.78 is 5.77. The Morgan fingerprint density at radius 1 is 1.07 bits per heavy atom. The fourth-order valence-corrected chi connectivity index (χ4v) is 4.17. The van der Waals surface area contributed by atoms with Crippen molar-refractivity contribution in [1.29, 1.82) is 5.26 Å². The van der Waals surface area contributed by atoms with E-state index in [9.17, 15) is 14.9 Å². The second kappa shape index (κ2) is 10.0. The third-order valence-electron chi connectivity index (χ3n) is 5.55. The maximum atomic E-state index is 13.1. The number of benzene rings is 2. The van der Waals surface area contributed by atoms with E-state index in [-0.39, 0.29) is 29.3 Å². The SMILES string of the molecule is CCOC(=O)c1cccc(C#N)c1NC(=O)C[N+]1(Cc2ccccc2)CCCCC1. The second-order valence-electron chi connectivity index (χ2n) is 7.76. The molecule has 0 saturated carbocycles. The molecule has 1 amide bonds. The number of nitrogens with one attached hydrogen (secondary N) is 1. The zero-order chi connectivity index (χ0) is 21.4. The average Bonchev–Trinajstić information content (AvgIpc) is 2.75. The topological polar surface area (TPSA) is 79.2 Å². The number of amides is 1. The van der Waals surface area contributed by atoms with Gasteiger partial charge in [0, 0.05) is 5.56 Å². The van der Waals surface area contributed by atoms with Crippen molar-refractivity contribution in [2.75, 3.05) is 31.6 Å². The molecule has 0 aliphatic carbocycles. The number of piperidine rings is 1. The number of rotatable bonds is 7. The molecule has 1 saturated heterocycles. The Morgan fingerprint density at radius 2 is 1.80 bits per heavy atom. The molecule has 2 aromatic rings. The number of nitrogens with zero attached hydrogens (tertiary/aromatic N) is 2. The van der Waals surface area contributed by atoms with E-state index in [1.165, 1.54) is 12.0 Å². The van der Waals surface area contributed by atoms with Crippen molar-refractivity contribution in [3.05, 3.63) is 65.2 Å². The Morgan fingerprint density at radius 3 is 2.47 bits per heavy atom. The fourth-order valence-electron chi connectivity index (χ4n) is 4.17. The molecule has 1 aliphatic rings. The van der Waals surface area contributed by atoms with Gasteiger partial charge in [0.2, 0.25) is 0 Å². The number of likely N-dealkylation sites (tertiary alicyclic amines) is 1. The molecule has 0 atom stereocenters. The van der Waals surface area contributed by atoms with Crippen molar-refractivity contribution in [3.8, 4) is 6.07 Å². The lowest BCUT2D eigenvalue weighted by atomic mass is 10.0. The van der Waals surface area contributed by atoms with Gasteiger partial charge in [-0.05, 0) is 38.3 Å². The van der Waals surface area contributed by atoms with E-state index >= 15 is 0 Å². The molecule has 2 aromatic carbocycles. The minimum atomic E-state index is -0.545. The smallest absolute Gasteiger partial charge is 0.340 e. The van der Waals surface area contributed by atoms with Crippen molar-refractivity contribution in [3.63, 3.8) is 0 Å². The molecule has 30 heavy (non-hydrogen) atoms. The van der Waals surface area contributed by atoms with Crippen molar-refractivity contribution < 1.29 is 18.8 Å². The van der Waals surface area contributed by atoms with Crippen LogP contribution in [0.3, 0.4) is 0 Å². The third kappa shape index (κ3) is 5.25. The quantitative estimate of drug-likeness (QED) is 0.559. The molecule has 0 unspecified atom stereocenters. The molecule has 1 heterocycles. The number of carbonyl (C=O) groups is 2. The number of hydrogen-bond donors (Lipinski definition) is 1. The van der Waals surface area contributed by atoms with Crippen molar-refractivity contribution >= 4 is 17.6 Å². The van der Waals surface area contributed by atoms with E-state index in [2.05, 4.69) is 23.5 Å². The van der Waals surface area contributed by atoms with Crippen LogP contribution in [0.5, 0.6) is 0 Å². The number of carbonyl (C=O) groups excluding carboxylic acids is 2. The number of hydrogen-bond acceptors (Lipinski definition) is 4. The minimum Gasteiger partial charge on any atom is -0.462 e. The first-order chi connectivity index (χ1) is 14.6. The summed E-state index contributed by atoms with van der Waals surface area (Å²) in [4.78, 5) is 25.4. The van der Waals surface area contributed by atoms with E-state index in [4.69, 9.17) is 4.74 Å². The molecular formula is C24H28N3O3+. The number of esters is 1. The lowest BCUT2D eigenvalue weighted by Crippen LogP contribution is -2.54. The van der Waals surface area contributed by atoms with Crippen LogP contribution in [0.15, 0.2) is 48.5 Å². The van der Waals surface area contributed by atoms with E-state index < -0.39 is 5.97 Å². The Hall–Kier alpha value is -3.17. The number of para-hydroxylation sites is 1. The van der Waals surface area contributed by atoms with E-state index in [1.54, 1.807) is 25.1 Å². The molecule has 0 bridgehead atoms. The highest BCUT2D eigenvalue weighted by Gasteiger charge is 2.33. The summed E-state index contributed by atoms with van der Waals surface area (Å²) in [6.45, 7) is 4.91. The van der Waals surface area contributed by atoms with E-state index in [1.807, 2.05) is 18.2 Å². The maximum absolute atomic E-state index is 13.1. The number of anilines is 1. The van der Waals surface area contributed by atoms with Crippen LogP contribution in [0.1, 0.15) is 47.7 Å². The van der Waals surface area contributed by atoms with E-state index in [0.29, 0.717) is 11.0 Å². The first-order valence-corrected chi connectivity index (χ1v) is 10.5. The van der Waals surface area contributed by atoms with Crippen LogP contribution in [0.2, 0.25) is 0 Å². The first-order valence-electron chi connectivity index (χ1n) is 10.5. The van der Waals surface area contributed by atoms with Gasteiger partial charge in [0.15, 0.2) is 6.54 Å². The molecule has 1 N–H and O–H groups in total. The Kier molecular flexibility index (Phi) is 7.21. The lowest BCUT2D eigenvalue weighted by Gasteiger charge is -2.41. The van der Waals surface area contributed by atoms with Crippen molar-refractivity contribution in [1.82, 2.24) is 0 Å². The van der Waals surface area contributed by atoms with Crippen molar-refractivity contribution in [2.24, 2.45) is 0 Å². The molecular weight excluding hydrogens is 378 g/mol. The normalized spacial score (nSPS) is 15.1. The molecule has 1 aliphatic heterocycles. The molecule has 3 rings (SSSR count). The van der Waals surface area contributed by atoms with Gasteiger partial charge in [-0.25, -0.2) is 4.79 Å². The molecule has 156 valence electrons. The summed E-state index contributed by atoms with van der Waals surface area (Å²) in [6, 6.07) is 17.1. The predicted octanol–water partition coefficient (Wildman–Crippen LogP) is 3.87. The van der Waals surface area contributed by atoms with Gasteiger partial charge in [0.05, 0.1) is 36.5 Å².